The van der Waals surface area contributed by atoms with Gasteiger partial charge in [0.2, 0.25) is 0 Å². The Bertz CT molecular complexity index is 1210. The molecule has 4 aromatic rings. The van der Waals surface area contributed by atoms with Crippen molar-refractivity contribution >= 4 is 22.5 Å². The number of pyridine rings is 1. The number of halogens is 1. The number of benzene rings is 3. The van der Waals surface area contributed by atoms with Gasteiger partial charge in [-0.2, -0.15) is 0 Å². The van der Waals surface area contributed by atoms with Crippen molar-refractivity contribution in [3.8, 4) is 0 Å². The number of nitrogens with one attached hydrogen (secondary N) is 1. The van der Waals surface area contributed by atoms with Gasteiger partial charge in [-0.05, 0) is 48.2 Å². The van der Waals surface area contributed by atoms with E-state index in [1.54, 1.807) is 6.07 Å². The third kappa shape index (κ3) is 4.64. The molecule has 1 N–H and O–H groups in total. The first-order valence-electron chi connectivity index (χ1n) is 10.1. The average Bonchev–Trinajstić information content (AvgIpc) is 2.73. The Hall–Kier alpha value is -2.88. The highest BCUT2D eigenvalue weighted by Gasteiger charge is 2.12. The van der Waals surface area contributed by atoms with Crippen molar-refractivity contribution in [1.29, 1.82) is 0 Å². The van der Waals surface area contributed by atoms with Gasteiger partial charge in [-0.1, -0.05) is 66.2 Å². The van der Waals surface area contributed by atoms with Gasteiger partial charge in [0.15, 0.2) is 5.43 Å². The summed E-state index contributed by atoms with van der Waals surface area (Å²) in [4.78, 5) is 18.7. The zero-order valence-corrected chi connectivity index (χ0v) is 18.0. The molecule has 0 saturated carbocycles. The second-order valence-corrected chi connectivity index (χ2v) is 8.30. The summed E-state index contributed by atoms with van der Waals surface area (Å²) in [6, 6.07) is 24.2. The molecular formula is C26H25ClN2O. The van der Waals surface area contributed by atoms with E-state index in [1.807, 2.05) is 38.1 Å². The van der Waals surface area contributed by atoms with Crippen LogP contribution in [-0.2, 0) is 19.6 Å². The summed E-state index contributed by atoms with van der Waals surface area (Å²) in [5, 5.41) is 1.52. The smallest absolute Gasteiger partial charge is 0.189 e. The molecule has 0 unspecified atom stereocenters. The minimum Gasteiger partial charge on any atom is -0.357 e. The molecule has 0 amide bonds. The van der Waals surface area contributed by atoms with E-state index in [-0.39, 0.29) is 5.43 Å². The van der Waals surface area contributed by atoms with E-state index < -0.39 is 0 Å². The largest absolute Gasteiger partial charge is 0.357 e. The van der Waals surface area contributed by atoms with Gasteiger partial charge in [0.25, 0.3) is 0 Å². The van der Waals surface area contributed by atoms with Crippen LogP contribution in [0.5, 0.6) is 0 Å². The lowest BCUT2D eigenvalue weighted by molar-refractivity contribution is 0.245. The lowest BCUT2D eigenvalue weighted by Gasteiger charge is -2.23. The fourth-order valence-electron chi connectivity index (χ4n) is 3.90. The Labute approximate surface area is 181 Å². The number of nitrogens with zero attached hydrogens (tertiary/aromatic N) is 1. The third-order valence-corrected chi connectivity index (χ3v) is 5.67. The fourth-order valence-corrected chi connectivity index (χ4v) is 4.03. The summed E-state index contributed by atoms with van der Waals surface area (Å²) < 4.78 is 0. The summed E-state index contributed by atoms with van der Waals surface area (Å²) >= 11 is 6.05. The lowest BCUT2D eigenvalue weighted by Crippen LogP contribution is -2.24. The first-order chi connectivity index (χ1) is 14.5. The number of hydrogen-bond acceptors (Lipinski definition) is 2. The van der Waals surface area contributed by atoms with Crippen molar-refractivity contribution in [3.05, 3.63) is 116 Å². The Morgan fingerprint density at radius 3 is 2.13 bits per heavy atom. The van der Waals surface area contributed by atoms with Gasteiger partial charge in [0.1, 0.15) is 0 Å². The van der Waals surface area contributed by atoms with Crippen LogP contribution in [0.15, 0.2) is 77.6 Å². The molecule has 4 heteroatoms. The summed E-state index contributed by atoms with van der Waals surface area (Å²) in [6.07, 6.45) is 0. The lowest BCUT2D eigenvalue weighted by atomic mass is 10.0. The monoisotopic (exact) mass is 416 g/mol. The molecule has 0 bridgehead atoms. The van der Waals surface area contributed by atoms with Gasteiger partial charge in [-0.15, -0.1) is 0 Å². The second-order valence-electron chi connectivity index (χ2n) is 7.87. The predicted octanol–water partition coefficient (Wildman–Crippen LogP) is 6.00. The summed E-state index contributed by atoms with van der Waals surface area (Å²) in [6.45, 7) is 6.22. The maximum atomic E-state index is 12.9. The van der Waals surface area contributed by atoms with E-state index in [4.69, 9.17) is 11.6 Å². The highest BCUT2D eigenvalue weighted by atomic mass is 35.5. The first kappa shape index (κ1) is 20.4. The average molecular weight is 417 g/mol. The Kier molecular flexibility index (Phi) is 6.03. The number of hydrogen-bond donors (Lipinski definition) is 1. The molecule has 4 rings (SSSR count). The van der Waals surface area contributed by atoms with E-state index >= 15 is 0 Å². The minimum atomic E-state index is 0.0751. The Balaban J connectivity index is 1.67. The van der Waals surface area contributed by atoms with Gasteiger partial charge >= 0.3 is 0 Å². The molecule has 0 saturated heterocycles. The number of aromatic nitrogens is 1. The Morgan fingerprint density at radius 2 is 1.43 bits per heavy atom. The summed E-state index contributed by atoms with van der Waals surface area (Å²) in [5.74, 6) is 0. The van der Waals surface area contributed by atoms with Crippen molar-refractivity contribution in [2.24, 2.45) is 0 Å². The maximum Gasteiger partial charge on any atom is 0.189 e. The molecule has 0 spiro atoms. The van der Waals surface area contributed by atoms with E-state index in [1.165, 1.54) is 11.1 Å². The maximum absolute atomic E-state index is 12.9. The van der Waals surface area contributed by atoms with Crippen LogP contribution in [0, 0.1) is 13.8 Å². The molecule has 3 nitrogen and oxygen atoms in total. The van der Waals surface area contributed by atoms with Crippen LogP contribution in [0.2, 0.25) is 5.02 Å². The van der Waals surface area contributed by atoms with Crippen molar-refractivity contribution in [1.82, 2.24) is 9.88 Å². The quantitative estimate of drug-likeness (QED) is 0.418. The van der Waals surface area contributed by atoms with Gasteiger partial charge in [0.05, 0.1) is 5.52 Å². The zero-order valence-electron chi connectivity index (χ0n) is 17.3. The van der Waals surface area contributed by atoms with Crippen LogP contribution in [-0.4, -0.2) is 9.88 Å². The molecule has 152 valence electrons. The number of fused-ring (bicyclic) bond motifs is 1. The number of H-pyrrole nitrogens is 1. The predicted molar refractivity (Wildman–Crippen MR) is 125 cm³/mol. The van der Waals surface area contributed by atoms with E-state index in [2.05, 4.69) is 52.3 Å². The van der Waals surface area contributed by atoms with Crippen LogP contribution in [0.4, 0.5) is 0 Å². The standard InChI is InChI=1S/C26H25ClN2O/c1-18-8-9-19(2)26-25(18)24(30)14-23(28-26)17-29(15-20-6-4-3-5-7-20)16-21-10-12-22(27)13-11-21/h3-14H,15-17H2,1-2H3,(H,28,30). The summed E-state index contributed by atoms with van der Waals surface area (Å²) in [7, 11) is 0. The summed E-state index contributed by atoms with van der Waals surface area (Å²) in [5.41, 5.74) is 6.44. The fraction of sp³-hybridized carbons (Fsp3) is 0.192. The third-order valence-electron chi connectivity index (χ3n) is 5.42. The van der Waals surface area contributed by atoms with Crippen LogP contribution in [0.3, 0.4) is 0 Å². The minimum absolute atomic E-state index is 0.0751. The van der Waals surface area contributed by atoms with E-state index in [9.17, 15) is 4.79 Å². The number of aromatic amines is 1. The van der Waals surface area contributed by atoms with Crippen LogP contribution < -0.4 is 5.43 Å². The molecule has 3 aromatic carbocycles. The van der Waals surface area contributed by atoms with Gasteiger partial charge in [0, 0.05) is 41.8 Å². The van der Waals surface area contributed by atoms with Crippen molar-refractivity contribution in [2.75, 3.05) is 0 Å². The number of aryl methyl sites for hydroxylation is 2. The molecule has 1 aromatic heterocycles. The second kappa shape index (κ2) is 8.86. The molecule has 0 aliphatic heterocycles. The molecule has 0 fully saturated rings. The zero-order chi connectivity index (χ0) is 21.1. The van der Waals surface area contributed by atoms with Crippen molar-refractivity contribution < 1.29 is 0 Å². The molecule has 0 radical (unpaired) electrons. The van der Waals surface area contributed by atoms with E-state index in [0.717, 1.165) is 45.8 Å². The van der Waals surface area contributed by atoms with Crippen LogP contribution in [0.25, 0.3) is 10.9 Å². The van der Waals surface area contributed by atoms with Crippen LogP contribution in [0.1, 0.15) is 27.9 Å². The Morgan fingerprint density at radius 1 is 0.800 bits per heavy atom. The van der Waals surface area contributed by atoms with Crippen molar-refractivity contribution in [2.45, 2.75) is 33.5 Å². The molecular weight excluding hydrogens is 392 g/mol. The first-order valence-corrected chi connectivity index (χ1v) is 10.5. The van der Waals surface area contributed by atoms with Gasteiger partial charge in [-0.3, -0.25) is 9.69 Å². The highest BCUT2D eigenvalue weighted by Crippen LogP contribution is 2.20. The van der Waals surface area contributed by atoms with Crippen molar-refractivity contribution in [3.63, 3.8) is 0 Å². The highest BCUT2D eigenvalue weighted by molar-refractivity contribution is 6.30. The molecule has 0 aliphatic rings. The molecule has 1 heterocycles. The molecule has 30 heavy (non-hydrogen) atoms. The van der Waals surface area contributed by atoms with Crippen LogP contribution >= 0.6 is 11.6 Å². The molecule has 0 aliphatic carbocycles. The normalized spacial score (nSPS) is 11.3. The van der Waals surface area contributed by atoms with E-state index in [0.29, 0.717) is 6.54 Å². The molecule has 0 atom stereocenters. The van der Waals surface area contributed by atoms with Gasteiger partial charge in [-0.25, -0.2) is 0 Å². The van der Waals surface area contributed by atoms with Gasteiger partial charge < -0.3 is 4.98 Å². The topological polar surface area (TPSA) is 36.1 Å². The number of rotatable bonds is 6. The SMILES string of the molecule is Cc1ccc(C)c2c(=O)cc(CN(Cc3ccccc3)Cc3ccc(Cl)cc3)[nH]c12.